The molecule has 134 valence electrons. The van der Waals surface area contributed by atoms with Crippen LogP contribution in [0.25, 0.3) is 0 Å². The van der Waals surface area contributed by atoms with Gasteiger partial charge in [0.05, 0.1) is 27.0 Å². The van der Waals surface area contributed by atoms with Gasteiger partial charge in [0, 0.05) is 0 Å². The second kappa shape index (κ2) is 8.47. The van der Waals surface area contributed by atoms with E-state index in [4.69, 9.17) is 22.1 Å². The van der Waals surface area contributed by atoms with Crippen molar-refractivity contribution < 1.29 is 17.9 Å². The SMILES string of the molecule is CCOC(=O)c1ccc(S(=O)(=O)c2ccc(CCCN)cc2)cc1Cl. The number of hydrogen-bond donors (Lipinski definition) is 1. The lowest BCUT2D eigenvalue weighted by Gasteiger charge is -2.09. The second-order valence-corrected chi connectivity index (χ2v) is 7.76. The standard InChI is InChI=1S/C18H20ClNO4S/c1-2-24-18(21)16-10-9-15(12-17(16)19)25(22,23)14-7-5-13(6-8-14)4-3-11-20/h5-10,12H,2-4,11,20H2,1H3. The average Bonchev–Trinajstić information content (AvgIpc) is 2.60. The van der Waals surface area contributed by atoms with Crippen LogP contribution < -0.4 is 5.73 Å². The maximum atomic E-state index is 12.7. The summed E-state index contributed by atoms with van der Waals surface area (Å²) in [6.07, 6.45) is 1.65. The van der Waals surface area contributed by atoms with E-state index < -0.39 is 15.8 Å². The molecule has 0 saturated carbocycles. The third-order valence-corrected chi connectivity index (χ3v) is 5.73. The predicted molar refractivity (Wildman–Crippen MR) is 96.7 cm³/mol. The number of esters is 1. The summed E-state index contributed by atoms with van der Waals surface area (Å²) in [5, 5.41) is 0.0408. The highest BCUT2D eigenvalue weighted by atomic mass is 35.5. The van der Waals surface area contributed by atoms with Crippen LogP contribution >= 0.6 is 11.6 Å². The van der Waals surface area contributed by atoms with Gasteiger partial charge < -0.3 is 10.5 Å². The monoisotopic (exact) mass is 381 g/mol. The molecular weight excluding hydrogens is 362 g/mol. The Kier molecular flexibility index (Phi) is 6.58. The molecule has 0 aliphatic heterocycles. The summed E-state index contributed by atoms with van der Waals surface area (Å²) < 4.78 is 30.3. The van der Waals surface area contributed by atoms with Crippen molar-refractivity contribution in [3.05, 3.63) is 58.6 Å². The van der Waals surface area contributed by atoms with Gasteiger partial charge in [-0.15, -0.1) is 0 Å². The summed E-state index contributed by atoms with van der Waals surface area (Å²) in [4.78, 5) is 12.0. The minimum atomic E-state index is -3.71. The van der Waals surface area contributed by atoms with Gasteiger partial charge in [-0.25, -0.2) is 13.2 Å². The molecule has 2 rings (SSSR count). The quantitative estimate of drug-likeness (QED) is 0.744. The second-order valence-electron chi connectivity index (χ2n) is 5.40. The summed E-state index contributed by atoms with van der Waals surface area (Å²) in [7, 11) is -3.71. The van der Waals surface area contributed by atoms with Gasteiger partial charge in [-0.2, -0.15) is 0 Å². The Morgan fingerprint density at radius 2 is 1.76 bits per heavy atom. The number of hydrogen-bond acceptors (Lipinski definition) is 5. The molecule has 0 heterocycles. The molecule has 0 amide bonds. The highest BCUT2D eigenvalue weighted by Gasteiger charge is 2.20. The van der Waals surface area contributed by atoms with Crippen molar-refractivity contribution in [3.8, 4) is 0 Å². The minimum absolute atomic E-state index is 0.0280. The van der Waals surface area contributed by atoms with Crippen LogP contribution in [0.15, 0.2) is 52.3 Å². The molecule has 0 atom stereocenters. The van der Waals surface area contributed by atoms with E-state index in [9.17, 15) is 13.2 Å². The molecule has 0 radical (unpaired) electrons. The van der Waals surface area contributed by atoms with Crippen LogP contribution in [0.1, 0.15) is 29.3 Å². The van der Waals surface area contributed by atoms with Crippen LogP contribution in [0.3, 0.4) is 0 Å². The average molecular weight is 382 g/mol. The van der Waals surface area contributed by atoms with Crippen LogP contribution in [0.4, 0.5) is 0 Å². The maximum absolute atomic E-state index is 12.7. The summed E-state index contributed by atoms with van der Waals surface area (Å²) in [6, 6.07) is 10.7. The smallest absolute Gasteiger partial charge is 0.339 e. The zero-order valence-electron chi connectivity index (χ0n) is 13.9. The Bertz CT molecular complexity index is 848. The van der Waals surface area contributed by atoms with Crippen LogP contribution in [0.2, 0.25) is 5.02 Å². The first-order valence-electron chi connectivity index (χ1n) is 7.91. The fourth-order valence-corrected chi connectivity index (χ4v) is 3.92. The first-order valence-corrected chi connectivity index (χ1v) is 9.77. The van der Waals surface area contributed by atoms with Crippen LogP contribution in [-0.2, 0) is 21.0 Å². The van der Waals surface area contributed by atoms with Crippen LogP contribution in [0.5, 0.6) is 0 Å². The molecule has 0 aliphatic carbocycles. The van der Waals surface area contributed by atoms with Gasteiger partial charge in [-0.1, -0.05) is 23.7 Å². The highest BCUT2D eigenvalue weighted by Crippen LogP contribution is 2.26. The number of nitrogens with two attached hydrogens (primary N) is 1. The molecule has 0 saturated heterocycles. The first kappa shape index (κ1) is 19.4. The number of ether oxygens (including phenoxy) is 1. The largest absolute Gasteiger partial charge is 0.462 e. The number of aryl methyl sites for hydroxylation is 1. The van der Waals surface area contributed by atoms with Crippen molar-refractivity contribution in [2.24, 2.45) is 5.73 Å². The zero-order valence-corrected chi connectivity index (χ0v) is 15.4. The van der Waals surface area contributed by atoms with Crippen molar-refractivity contribution in [2.75, 3.05) is 13.2 Å². The molecule has 2 aromatic rings. The number of halogens is 1. The van der Waals surface area contributed by atoms with Crippen LogP contribution in [-0.4, -0.2) is 27.5 Å². The van der Waals surface area contributed by atoms with Gasteiger partial charge in [0.15, 0.2) is 0 Å². The van der Waals surface area contributed by atoms with Crippen molar-refractivity contribution >= 4 is 27.4 Å². The molecule has 25 heavy (non-hydrogen) atoms. The van der Waals surface area contributed by atoms with Crippen LogP contribution in [0, 0.1) is 0 Å². The molecule has 0 spiro atoms. The van der Waals surface area contributed by atoms with E-state index in [1.165, 1.54) is 18.2 Å². The van der Waals surface area contributed by atoms with E-state index in [2.05, 4.69) is 0 Å². The molecule has 0 bridgehead atoms. The minimum Gasteiger partial charge on any atom is -0.462 e. The van der Waals surface area contributed by atoms with E-state index >= 15 is 0 Å². The Hall–Kier alpha value is -1.89. The molecule has 0 aromatic heterocycles. The molecule has 2 aromatic carbocycles. The number of benzene rings is 2. The van der Waals surface area contributed by atoms with E-state index in [1.807, 2.05) is 0 Å². The number of carbonyl (C=O) groups excluding carboxylic acids is 1. The van der Waals surface area contributed by atoms with Gasteiger partial charge in [-0.3, -0.25) is 0 Å². The Labute approximate surface area is 152 Å². The fraction of sp³-hybridized carbons (Fsp3) is 0.278. The molecule has 7 heteroatoms. The molecule has 2 N–H and O–H groups in total. The van der Waals surface area contributed by atoms with Gasteiger partial charge in [0.2, 0.25) is 9.84 Å². The van der Waals surface area contributed by atoms with Gasteiger partial charge in [0.25, 0.3) is 0 Å². The lowest BCUT2D eigenvalue weighted by Crippen LogP contribution is -2.07. The van der Waals surface area contributed by atoms with Crippen molar-refractivity contribution in [2.45, 2.75) is 29.6 Å². The normalized spacial score (nSPS) is 11.3. The predicted octanol–water partition coefficient (Wildman–Crippen LogP) is 3.24. The molecule has 5 nitrogen and oxygen atoms in total. The third kappa shape index (κ3) is 4.60. The molecular formula is C18H20ClNO4S. The summed E-state index contributed by atoms with van der Waals surface area (Å²) >= 11 is 6.06. The summed E-state index contributed by atoms with van der Waals surface area (Å²) in [5.41, 5.74) is 6.64. The molecule has 0 aliphatic rings. The van der Waals surface area contributed by atoms with Gasteiger partial charge in [0.1, 0.15) is 0 Å². The maximum Gasteiger partial charge on any atom is 0.339 e. The Balaban J connectivity index is 2.30. The molecule has 0 unspecified atom stereocenters. The van der Waals surface area contributed by atoms with Crippen molar-refractivity contribution in [1.82, 2.24) is 0 Å². The van der Waals surface area contributed by atoms with E-state index in [-0.39, 0.29) is 27.0 Å². The first-order chi connectivity index (χ1) is 11.9. The highest BCUT2D eigenvalue weighted by molar-refractivity contribution is 7.91. The number of rotatable bonds is 7. The van der Waals surface area contributed by atoms with Crippen molar-refractivity contribution in [3.63, 3.8) is 0 Å². The van der Waals surface area contributed by atoms with Gasteiger partial charge >= 0.3 is 5.97 Å². The topological polar surface area (TPSA) is 86.5 Å². The number of sulfone groups is 1. The van der Waals surface area contributed by atoms with E-state index in [1.54, 1.807) is 31.2 Å². The lowest BCUT2D eigenvalue weighted by molar-refractivity contribution is 0.0526. The van der Waals surface area contributed by atoms with Crippen molar-refractivity contribution in [1.29, 1.82) is 0 Å². The fourth-order valence-electron chi connectivity index (χ4n) is 2.31. The summed E-state index contributed by atoms with van der Waals surface area (Å²) in [5.74, 6) is -0.583. The third-order valence-electron chi connectivity index (χ3n) is 3.65. The number of carbonyl (C=O) groups is 1. The zero-order chi connectivity index (χ0) is 18.4. The van der Waals surface area contributed by atoms with E-state index in [0.717, 1.165) is 18.4 Å². The van der Waals surface area contributed by atoms with E-state index in [0.29, 0.717) is 6.54 Å². The molecule has 0 fully saturated rings. The lowest BCUT2D eigenvalue weighted by atomic mass is 10.1. The Morgan fingerprint density at radius 3 is 2.32 bits per heavy atom. The van der Waals surface area contributed by atoms with Gasteiger partial charge in [-0.05, 0) is 62.2 Å². The summed E-state index contributed by atoms with van der Waals surface area (Å²) in [6.45, 7) is 2.49. The Morgan fingerprint density at radius 1 is 1.12 bits per heavy atom.